The minimum Gasteiger partial charge on any atom is -0.310 e. The molecule has 1 aliphatic rings. The molecule has 0 unspecified atom stereocenters. The van der Waals surface area contributed by atoms with Crippen LogP contribution in [0.5, 0.6) is 0 Å². The summed E-state index contributed by atoms with van der Waals surface area (Å²) in [7, 11) is 0. The highest BCUT2D eigenvalue weighted by molar-refractivity contribution is 6.10. The van der Waals surface area contributed by atoms with Crippen molar-refractivity contribution in [2.45, 2.75) is 47.0 Å². The Hall–Kier alpha value is -5.60. The Morgan fingerprint density at radius 2 is 1.08 bits per heavy atom. The first-order chi connectivity index (χ1) is 24.0. The highest BCUT2D eigenvalue weighted by Crippen LogP contribution is 2.49. The lowest BCUT2D eigenvalue weighted by Crippen LogP contribution is -2.27. The molecule has 2 aromatic heterocycles. The minimum atomic E-state index is -0.00527. The zero-order chi connectivity index (χ0) is 33.9. The van der Waals surface area contributed by atoms with Gasteiger partial charge in [-0.2, -0.15) is 0 Å². The van der Waals surface area contributed by atoms with Gasteiger partial charge in [-0.3, -0.25) is 0 Å². The number of fused-ring (bicyclic) bond motifs is 7. The van der Waals surface area contributed by atoms with Crippen LogP contribution in [0.2, 0.25) is 0 Å². The summed E-state index contributed by atoms with van der Waals surface area (Å²) in [6.07, 6.45) is 4.47. The lowest BCUT2D eigenvalue weighted by atomic mass is 9.82. The van der Waals surface area contributed by atoms with E-state index in [4.69, 9.17) is 0 Å². The van der Waals surface area contributed by atoms with Crippen LogP contribution in [0, 0.1) is 0 Å². The second-order valence-electron chi connectivity index (χ2n) is 13.3. The maximum Gasteiger partial charge on any atom is 0.0541 e. The second kappa shape index (κ2) is 11.8. The van der Waals surface area contributed by atoms with E-state index < -0.39 is 0 Å². The van der Waals surface area contributed by atoms with Crippen LogP contribution < -0.4 is 10.6 Å². The summed E-state index contributed by atoms with van der Waals surface area (Å²) in [5.74, 6) is 0. The average molecular weight is 635 g/mol. The molecule has 0 bridgehead atoms. The summed E-state index contributed by atoms with van der Waals surface area (Å²) < 4.78 is 4.82. The molecule has 6 aromatic carbocycles. The molecule has 8 aromatic rings. The van der Waals surface area contributed by atoms with E-state index in [2.05, 4.69) is 182 Å². The first-order valence-corrected chi connectivity index (χ1v) is 17.6. The van der Waals surface area contributed by atoms with Crippen molar-refractivity contribution in [2.75, 3.05) is 0 Å². The smallest absolute Gasteiger partial charge is 0.0541 e. The molecule has 0 fully saturated rings. The van der Waals surface area contributed by atoms with Gasteiger partial charge in [0.2, 0.25) is 0 Å². The van der Waals surface area contributed by atoms with Gasteiger partial charge in [-0.05, 0) is 102 Å². The van der Waals surface area contributed by atoms with E-state index in [0.717, 1.165) is 0 Å². The fourth-order valence-corrected chi connectivity index (χ4v) is 8.24. The Morgan fingerprint density at radius 1 is 0.469 bits per heavy atom. The fraction of sp³-hybridized carbons (Fsp3) is 0.149. The van der Waals surface area contributed by atoms with Crippen LogP contribution in [0.15, 0.2) is 133 Å². The van der Waals surface area contributed by atoms with Crippen LogP contribution in [-0.4, -0.2) is 9.13 Å². The first kappa shape index (κ1) is 30.7. The van der Waals surface area contributed by atoms with Crippen molar-refractivity contribution in [3.8, 4) is 33.6 Å². The van der Waals surface area contributed by atoms with E-state index in [0.29, 0.717) is 0 Å². The van der Waals surface area contributed by atoms with E-state index >= 15 is 0 Å². The molecule has 9 rings (SSSR count). The number of nitrogens with zero attached hydrogens (tertiary/aromatic N) is 2. The Labute approximate surface area is 288 Å². The number of hydrogen-bond donors (Lipinski definition) is 0. The minimum absolute atomic E-state index is 0.00527. The van der Waals surface area contributed by atoms with Crippen molar-refractivity contribution in [3.63, 3.8) is 0 Å². The summed E-state index contributed by atoms with van der Waals surface area (Å²) in [5, 5.41) is 6.31. The monoisotopic (exact) mass is 634 g/mol. The summed E-state index contributed by atoms with van der Waals surface area (Å²) in [5.41, 5.74) is 14.0. The number of hydrogen-bond acceptors (Lipinski definition) is 0. The quantitative estimate of drug-likeness (QED) is 0.183. The lowest BCUT2D eigenvalue weighted by molar-refractivity contribution is 0.660. The third-order valence-corrected chi connectivity index (χ3v) is 10.5. The molecular weight excluding hydrogens is 593 g/mol. The summed E-state index contributed by atoms with van der Waals surface area (Å²) in [6, 6.07) is 49.4. The molecular formula is C47H42N2. The molecule has 0 amide bonds. The average Bonchev–Trinajstić information content (AvgIpc) is 3.74. The van der Waals surface area contributed by atoms with Gasteiger partial charge in [0, 0.05) is 43.5 Å². The predicted molar refractivity (Wildman–Crippen MR) is 211 cm³/mol. The Bertz CT molecular complexity index is 2660. The topological polar surface area (TPSA) is 9.86 Å². The van der Waals surface area contributed by atoms with Gasteiger partial charge in [0.05, 0.1) is 16.6 Å². The third kappa shape index (κ3) is 4.54. The molecule has 240 valence electrons. The predicted octanol–water partition coefficient (Wildman–Crippen LogP) is 11.3. The van der Waals surface area contributed by atoms with Crippen LogP contribution >= 0.6 is 0 Å². The van der Waals surface area contributed by atoms with Gasteiger partial charge in [0.15, 0.2) is 0 Å². The maximum absolute atomic E-state index is 2.44. The van der Waals surface area contributed by atoms with Crippen LogP contribution in [0.25, 0.3) is 78.5 Å². The standard InChI is InChI=1S/C45H36N2.C2H6/c1-5-33-37-26-29(20-24-43(37)46(41(33)6-2)31-14-8-7-9-15-31)30-21-25-44-38(27-30)35-17-11-13-19-42(35)47(44)32-22-23-40-36(28-32)34-16-10-12-18-39(34)45(40,3)4;1-2/h5-28H,1-4H3;1-2H3/b33-5-,41-6+;. The number of para-hydroxylation sites is 2. The van der Waals surface area contributed by atoms with Crippen molar-refractivity contribution in [3.05, 3.63) is 155 Å². The highest BCUT2D eigenvalue weighted by atomic mass is 15.0. The Balaban J connectivity index is 0.00000171. The fourth-order valence-electron chi connectivity index (χ4n) is 8.24. The summed E-state index contributed by atoms with van der Waals surface area (Å²) in [6.45, 7) is 13.0. The molecule has 0 saturated heterocycles. The van der Waals surface area contributed by atoms with E-state index in [-0.39, 0.29) is 5.41 Å². The molecule has 0 N–H and O–H groups in total. The molecule has 0 spiro atoms. The molecule has 49 heavy (non-hydrogen) atoms. The molecule has 0 aliphatic heterocycles. The van der Waals surface area contributed by atoms with Crippen LogP contribution in [0.4, 0.5) is 0 Å². The molecule has 2 heteroatoms. The summed E-state index contributed by atoms with van der Waals surface area (Å²) in [4.78, 5) is 0. The largest absolute Gasteiger partial charge is 0.310 e. The number of aromatic nitrogens is 2. The van der Waals surface area contributed by atoms with Gasteiger partial charge in [0.1, 0.15) is 0 Å². The SMILES string of the molecule is C/C=c1\c(=C/C)n(-c2ccccc2)c2ccc(-c3ccc4c(c3)c3ccccc3n4-c3ccc4c(c3)-c3ccccc3C4(C)C)cc12.CC. The number of benzene rings is 6. The lowest BCUT2D eigenvalue weighted by Gasteiger charge is -2.21. The van der Waals surface area contributed by atoms with Crippen molar-refractivity contribution >= 4 is 44.9 Å². The molecule has 2 nitrogen and oxygen atoms in total. The van der Waals surface area contributed by atoms with Gasteiger partial charge in [-0.15, -0.1) is 0 Å². The van der Waals surface area contributed by atoms with Crippen molar-refractivity contribution in [1.82, 2.24) is 9.13 Å². The van der Waals surface area contributed by atoms with Crippen LogP contribution in [0.1, 0.15) is 52.7 Å². The van der Waals surface area contributed by atoms with Gasteiger partial charge in [0.25, 0.3) is 0 Å². The van der Waals surface area contributed by atoms with Crippen molar-refractivity contribution < 1.29 is 0 Å². The zero-order valence-corrected chi connectivity index (χ0v) is 29.3. The molecule has 1 aliphatic carbocycles. The highest BCUT2D eigenvalue weighted by Gasteiger charge is 2.35. The maximum atomic E-state index is 2.44. The van der Waals surface area contributed by atoms with Gasteiger partial charge in [-0.25, -0.2) is 0 Å². The van der Waals surface area contributed by atoms with E-state index in [1.54, 1.807) is 0 Å². The molecule has 2 heterocycles. The normalized spacial score (nSPS) is 13.9. The molecule has 0 saturated carbocycles. The first-order valence-electron chi connectivity index (χ1n) is 17.6. The van der Waals surface area contributed by atoms with Crippen LogP contribution in [0.3, 0.4) is 0 Å². The van der Waals surface area contributed by atoms with E-state index in [9.17, 15) is 0 Å². The van der Waals surface area contributed by atoms with Crippen LogP contribution in [-0.2, 0) is 5.41 Å². The van der Waals surface area contributed by atoms with Gasteiger partial charge in [-0.1, -0.05) is 119 Å². The molecule has 0 radical (unpaired) electrons. The van der Waals surface area contributed by atoms with E-state index in [1.165, 1.54) is 88.0 Å². The Morgan fingerprint density at radius 3 is 1.82 bits per heavy atom. The van der Waals surface area contributed by atoms with Gasteiger partial charge >= 0.3 is 0 Å². The zero-order valence-electron chi connectivity index (χ0n) is 29.3. The second-order valence-corrected chi connectivity index (χ2v) is 13.3. The van der Waals surface area contributed by atoms with Crippen molar-refractivity contribution in [1.29, 1.82) is 0 Å². The van der Waals surface area contributed by atoms with Crippen molar-refractivity contribution in [2.24, 2.45) is 0 Å². The van der Waals surface area contributed by atoms with E-state index in [1.807, 2.05) is 13.8 Å². The Kier molecular flexibility index (Phi) is 7.41. The number of rotatable bonds is 3. The summed E-state index contributed by atoms with van der Waals surface area (Å²) >= 11 is 0. The third-order valence-electron chi connectivity index (χ3n) is 10.5. The van der Waals surface area contributed by atoms with Gasteiger partial charge < -0.3 is 9.13 Å². The molecule has 0 atom stereocenters.